The topological polar surface area (TPSA) is 72.6 Å². The molecule has 2 rings (SSSR count). The van der Waals surface area contributed by atoms with Gasteiger partial charge in [0.05, 0.1) is 12.0 Å². The molecular formula is C18H24N2O3. The fourth-order valence-corrected chi connectivity index (χ4v) is 2.65. The van der Waals surface area contributed by atoms with Crippen LogP contribution in [0.4, 0.5) is 0 Å². The number of ether oxygens (including phenoxy) is 1. The molecule has 5 nitrogen and oxygen atoms in total. The SMILES string of the molecule is CC(C)Oc1cccc(/C=C\C(=O)N2CCC[C@H](C(N)=O)C2)c1. The van der Waals surface area contributed by atoms with Gasteiger partial charge in [-0.2, -0.15) is 0 Å². The normalized spacial score (nSPS) is 18.4. The number of nitrogens with two attached hydrogens (primary N) is 1. The van der Waals surface area contributed by atoms with Crippen LogP contribution in [0.1, 0.15) is 32.3 Å². The lowest BCUT2D eigenvalue weighted by molar-refractivity contribution is -0.130. The van der Waals surface area contributed by atoms with Gasteiger partial charge in [0, 0.05) is 19.2 Å². The summed E-state index contributed by atoms with van der Waals surface area (Å²) in [5.41, 5.74) is 6.24. The first-order valence-electron chi connectivity index (χ1n) is 7.98. The zero-order chi connectivity index (χ0) is 16.8. The smallest absolute Gasteiger partial charge is 0.246 e. The highest BCUT2D eigenvalue weighted by atomic mass is 16.5. The van der Waals surface area contributed by atoms with Crippen molar-refractivity contribution in [2.45, 2.75) is 32.8 Å². The molecule has 0 unspecified atom stereocenters. The largest absolute Gasteiger partial charge is 0.491 e. The molecule has 1 heterocycles. The van der Waals surface area contributed by atoms with Crippen LogP contribution >= 0.6 is 0 Å². The number of carbonyl (C=O) groups excluding carboxylic acids is 2. The molecule has 0 aliphatic carbocycles. The van der Waals surface area contributed by atoms with Crippen molar-refractivity contribution in [2.24, 2.45) is 11.7 Å². The van der Waals surface area contributed by atoms with E-state index in [4.69, 9.17) is 10.5 Å². The second-order valence-corrected chi connectivity index (χ2v) is 6.10. The lowest BCUT2D eigenvalue weighted by Crippen LogP contribution is -2.43. The van der Waals surface area contributed by atoms with Gasteiger partial charge in [-0.25, -0.2) is 0 Å². The van der Waals surface area contributed by atoms with E-state index in [9.17, 15) is 9.59 Å². The lowest BCUT2D eigenvalue weighted by Gasteiger charge is -2.30. The predicted molar refractivity (Wildman–Crippen MR) is 89.7 cm³/mol. The van der Waals surface area contributed by atoms with E-state index in [0.717, 1.165) is 24.2 Å². The first kappa shape index (κ1) is 17.1. The average Bonchev–Trinajstić information content (AvgIpc) is 2.52. The van der Waals surface area contributed by atoms with Gasteiger partial charge in [-0.15, -0.1) is 0 Å². The first-order valence-corrected chi connectivity index (χ1v) is 7.98. The number of piperidine rings is 1. The lowest BCUT2D eigenvalue weighted by atomic mass is 9.97. The molecule has 1 aliphatic heterocycles. The van der Waals surface area contributed by atoms with Crippen LogP contribution in [0.15, 0.2) is 30.3 Å². The highest BCUT2D eigenvalue weighted by Crippen LogP contribution is 2.18. The van der Waals surface area contributed by atoms with E-state index in [1.54, 1.807) is 11.0 Å². The summed E-state index contributed by atoms with van der Waals surface area (Å²) in [7, 11) is 0. The summed E-state index contributed by atoms with van der Waals surface area (Å²) in [6.07, 6.45) is 4.98. The van der Waals surface area contributed by atoms with E-state index in [-0.39, 0.29) is 23.8 Å². The minimum Gasteiger partial charge on any atom is -0.491 e. The fraction of sp³-hybridized carbons (Fsp3) is 0.444. The van der Waals surface area contributed by atoms with Crippen LogP contribution in [-0.2, 0) is 9.59 Å². The molecule has 1 aromatic rings. The van der Waals surface area contributed by atoms with Crippen molar-refractivity contribution in [1.82, 2.24) is 4.90 Å². The summed E-state index contributed by atoms with van der Waals surface area (Å²) >= 11 is 0. The number of likely N-dealkylation sites (tertiary alicyclic amines) is 1. The van der Waals surface area contributed by atoms with Crippen molar-refractivity contribution in [3.63, 3.8) is 0 Å². The number of rotatable bonds is 5. The molecule has 1 saturated heterocycles. The number of benzene rings is 1. The van der Waals surface area contributed by atoms with Gasteiger partial charge in [-0.1, -0.05) is 12.1 Å². The van der Waals surface area contributed by atoms with E-state index in [0.29, 0.717) is 13.1 Å². The monoisotopic (exact) mass is 316 g/mol. The Labute approximate surface area is 137 Å². The minimum absolute atomic E-state index is 0.0915. The number of primary amides is 1. The molecule has 1 aliphatic rings. The van der Waals surface area contributed by atoms with E-state index in [1.165, 1.54) is 6.08 Å². The van der Waals surface area contributed by atoms with Crippen LogP contribution in [0.25, 0.3) is 6.08 Å². The first-order chi connectivity index (χ1) is 11.0. The number of nitrogens with zero attached hydrogens (tertiary/aromatic N) is 1. The number of amides is 2. The Balaban J connectivity index is 1.99. The molecule has 1 aromatic carbocycles. The van der Waals surface area contributed by atoms with Crippen LogP contribution in [0.5, 0.6) is 5.75 Å². The summed E-state index contributed by atoms with van der Waals surface area (Å²) in [6, 6.07) is 7.60. The Hall–Kier alpha value is -2.30. The van der Waals surface area contributed by atoms with E-state index in [2.05, 4.69) is 0 Å². The van der Waals surface area contributed by atoms with Gasteiger partial charge in [0.2, 0.25) is 11.8 Å². The zero-order valence-corrected chi connectivity index (χ0v) is 13.7. The standard InChI is InChI=1S/C18H24N2O3/c1-13(2)23-16-7-3-5-14(11-16)8-9-17(21)20-10-4-6-15(12-20)18(19)22/h3,5,7-9,11,13,15H,4,6,10,12H2,1-2H3,(H2,19,22)/b9-8-/t15-/m0/s1. The number of hydrogen-bond donors (Lipinski definition) is 1. The zero-order valence-electron chi connectivity index (χ0n) is 13.7. The molecule has 0 spiro atoms. The third kappa shape index (κ3) is 5.13. The third-order valence-electron chi connectivity index (χ3n) is 3.78. The predicted octanol–water partition coefficient (Wildman–Crippen LogP) is 2.21. The molecule has 124 valence electrons. The average molecular weight is 316 g/mol. The van der Waals surface area contributed by atoms with Crippen molar-refractivity contribution >= 4 is 17.9 Å². The van der Waals surface area contributed by atoms with Crippen LogP contribution in [0.3, 0.4) is 0 Å². The fourth-order valence-electron chi connectivity index (χ4n) is 2.65. The summed E-state index contributed by atoms with van der Waals surface area (Å²) in [6.45, 7) is 5.02. The van der Waals surface area contributed by atoms with Gasteiger partial charge < -0.3 is 15.4 Å². The van der Waals surface area contributed by atoms with Crippen LogP contribution in [0, 0.1) is 5.92 Å². The van der Waals surface area contributed by atoms with Crippen molar-refractivity contribution in [2.75, 3.05) is 13.1 Å². The Morgan fingerprint density at radius 3 is 2.87 bits per heavy atom. The Morgan fingerprint density at radius 2 is 2.17 bits per heavy atom. The maximum atomic E-state index is 12.3. The third-order valence-corrected chi connectivity index (χ3v) is 3.78. The molecule has 1 atom stereocenters. The van der Waals surface area contributed by atoms with Crippen molar-refractivity contribution in [3.8, 4) is 5.75 Å². The summed E-state index contributed by atoms with van der Waals surface area (Å²) in [4.78, 5) is 25.2. The van der Waals surface area contributed by atoms with Crippen molar-refractivity contribution in [1.29, 1.82) is 0 Å². The van der Waals surface area contributed by atoms with Gasteiger partial charge in [0.25, 0.3) is 0 Å². The highest BCUT2D eigenvalue weighted by molar-refractivity contribution is 5.92. The molecule has 0 radical (unpaired) electrons. The molecule has 0 aromatic heterocycles. The highest BCUT2D eigenvalue weighted by Gasteiger charge is 2.25. The quantitative estimate of drug-likeness (QED) is 0.847. The molecule has 23 heavy (non-hydrogen) atoms. The Bertz CT molecular complexity index is 596. The maximum absolute atomic E-state index is 12.3. The van der Waals surface area contributed by atoms with E-state index in [1.807, 2.05) is 38.1 Å². The van der Waals surface area contributed by atoms with Crippen LogP contribution in [-0.4, -0.2) is 35.9 Å². The van der Waals surface area contributed by atoms with E-state index < -0.39 is 0 Å². The molecule has 2 N–H and O–H groups in total. The maximum Gasteiger partial charge on any atom is 0.246 e. The molecule has 0 bridgehead atoms. The second kappa shape index (κ2) is 7.81. The van der Waals surface area contributed by atoms with Crippen LogP contribution < -0.4 is 10.5 Å². The molecule has 0 saturated carbocycles. The number of carbonyl (C=O) groups is 2. The van der Waals surface area contributed by atoms with Crippen LogP contribution in [0.2, 0.25) is 0 Å². The molecule has 5 heteroatoms. The summed E-state index contributed by atoms with van der Waals surface area (Å²) in [5, 5.41) is 0. The van der Waals surface area contributed by atoms with E-state index >= 15 is 0 Å². The summed E-state index contributed by atoms with van der Waals surface area (Å²) < 4.78 is 5.64. The van der Waals surface area contributed by atoms with Gasteiger partial charge in [-0.3, -0.25) is 9.59 Å². The second-order valence-electron chi connectivity index (χ2n) is 6.10. The Morgan fingerprint density at radius 1 is 1.39 bits per heavy atom. The van der Waals surface area contributed by atoms with Crippen molar-refractivity contribution in [3.05, 3.63) is 35.9 Å². The summed E-state index contributed by atoms with van der Waals surface area (Å²) in [5.74, 6) is 0.126. The van der Waals surface area contributed by atoms with Gasteiger partial charge in [-0.05, 0) is 50.5 Å². The van der Waals surface area contributed by atoms with Crippen molar-refractivity contribution < 1.29 is 14.3 Å². The molecular weight excluding hydrogens is 292 g/mol. The molecule has 1 fully saturated rings. The van der Waals surface area contributed by atoms with Gasteiger partial charge in [0.15, 0.2) is 0 Å². The molecule has 2 amide bonds. The minimum atomic E-state index is -0.329. The van der Waals surface area contributed by atoms with Gasteiger partial charge in [0.1, 0.15) is 5.75 Å². The van der Waals surface area contributed by atoms with Gasteiger partial charge >= 0.3 is 0 Å². The Kier molecular flexibility index (Phi) is 5.79. The number of hydrogen-bond acceptors (Lipinski definition) is 3.